The van der Waals surface area contributed by atoms with Gasteiger partial charge in [0.05, 0.1) is 6.04 Å². The first-order chi connectivity index (χ1) is 11.2. The highest BCUT2D eigenvalue weighted by Crippen LogP contribution is 2.29. The van der Waals surface area contributed by atoms with E-state index < -0.39 is 0 Å². The number of rotatable bonds is 5. The van der Waals surface area contributed by atoms with Crippen molar-refractivity contribution in [2.24, 2.45) is 0 Å². The van der Waals surface area contributed by atoms with Gasteiger partial charge in [0.1, 0.15) is 12.4 Å². The van der Waals surface area contributed by atoms with E-state index in [1.165, 1.54) is 23.3 Å². The molecule has 0 unspecified atom stereocenters. The molecule has 4 heteroatoms. The Morgan fingerprint density at radius 2 is 1.96 bits per heavy atom. The summed E-state index contributed by atoms with van der Waals surface area (Å²) < 4.78 is 12.8. The molecule has 0 saturated heterocycles. The maximum Gasteiger partial charge on any atom is 0.275 e. The van der Waals surface area contributed by atoms with E-state index >= 15 is 0 Å². The van der Waals surface area contributed by atoms with Crippen LogP contribution in [0.15, 0.2) is 48.5 Å². The number of carbonyl (C=O) groups is 1. The van der Waals surface area contributed by atoms with Crippen molar-refractivity contribution in [3.8, 4) is 0 Å². The molecule has 3 N–H and O–H groups in total. The van der Waals surface area contributed by atoms with Gasteiger partial charge in [-0.3, -0.25) is 4.79 Å². The van der Waals surface area contributed by atoms with E-state index in [4.69, 9.17) is 0 Å². The van der Waals surface area contributed by atoms with Gasteiger partial charge in [-0.05, 0) is 42.5 Å². The summed E-state index contributed by atoms with van der Waals surface area (Å²) in [6, 6.07) is 14.9. The van der Waals surface area contributed by atoms with Crippen LogP contribution in [0.25, 0.3) is 0 Å². The molecule has 1 aliphatic rings. The Morgan fingerprint density at radius 1 is 1.17 bits per heavy atom. The summed E-state index contributed by atoms with van der Waals surface area (Å²) >= 11 is 0. The third kappa shape index (κ3) is 4.17. The summed E-state index contributed by atoms with van der Waals surface area (Å²) in [5.41, 5.74) is 3.62. The molecule has 0 aliphatic heterocycles. The van der Waals surface area contributed by atoms with Crippen molar-refractivity contribution in [3.05, 3.63) is 71.0 Å². The molecule has 1 atom stereocenters. The van der Waals surface area contributed by atoms with Gasteiger partial charge in [0.15, 0.2) is 6.54 Å². The summed E-state index contributed by atoms with van der Waals surface area (Å²) in [6.07, 6.45) is 3.21. The lowest BCUT2D eigenvalue weighted by atomic mass is 9.88. The topological polar surface area (TPSA) is 45.7 Å². The fourth-order valence-corrected chi connectivity index (χ4v) is 3.15. The van der Waals surface area contributed by atoms with Crippen LogP contribution in [0, 0.1) is 5.82 Å². The summed E-state index contributed by atoms with van der Waals surface area (Å²) in [4.78, 5) is 12.2. The second-order valence-corrected chi connectivity index (χ2v) is 6.03. The maximum absolute atomic E-state index is 12.8. The average Bonchev–Trinajstić information content (AvgIpc) is 2.57. The van der Waals surface area contributed by atoms with E-state index in [2.05, 4.69) is 23.5 Å². The molecule has 2 aromatic carbocycles. The molecule has 0 radical (unpaired) electrons. The number of nitrogens with two attached hydrogens (primary N) is 1. The number of hydrogen-bond acceptors (Lipinski definition) is 1. The standard InChI is InChI=1S/C19H21FN2O/c20-16-10-8-14(9-11-16)12-21-13-19(23)22-18-7-3-5-15-4-1-2-6-17(15)18/h1-2,4,6,8-11,18,21H,3,5,7,12-13H2,(H,22,23)/p+1/t18-/m0/s1. The van der Waals surface area contributed by atoms with Crippen LogP contribution >= 0.6 is 0 Å². The number of quaternary nitrogens is 1. The third-order valence-electron chi connectivity index (χ3n) is 4.33. The van der Waals surface area contributed by atoms with Crippen molar-refractivity contribution in [2.75, 3.05) is 6.54 Å². The molecule has 120 valence electrons. The number of carbonyl (C=O) groups excluding carboxylic acids is 1. The molecule has 0 fully saturated rings. The first-order valence-corrected chi connectivity index (χ1v) is 8.15. The average molecular weight is 313 g/mol. The fraction of sp³-hybridized carbons (Fsp3) is 0.316. The zero-order chi connectivity index (χ0) is 16.1. The van der Waals surface area contributed by atoms with Crippen LogP contribution in [0.1, 0.15) is 35.6 Å². The molecule has 0 spiro atoms. The van der Waals surface area contributed by atoms with Gasteiger partial charge in [-0.25, -0.2) is 4.39 Å². The van der Waals surface area contributed by atoms with Gasteiger partial charge in [0.25, 0.3) is 5.91 Å². The van der Waals surface area contributed by atoms with E-state index in [0.717, 1.165) is 24.8 Å². The number of halogens is 1. The predicted octanol–water partition coefficient (Wildman–Crippen LogP) is 2.08. The van der Waals surface area contributed by atoms with E-state index in [9.17, 15) is 9.18 Å². The first kappa shape index (κ1) is 15.7. The van der Waals surface area contributed by atoms with Crippen molar-refractivity contribution in [2.45, 2.75) is 31.8 Å². The van der Waals surface area contributed by atoms with Gasteiger partial charge in [-0.1, -0.05) is 36.4 Å². The molecule has 0 saturated carbocycles. The van der Waals surface area contributed by atoms with Gasteiger partial charge in [0, 0.05) is 5.56 Å². The van der Waals surface area contributed by atoms with Crippen molar-refractivity contribution in [3.63, 3.8) is 0 Å². The molecule has 1 aliphatic carbocycles. The lowest BCUT2D eigenvalue weighted by Crippen LogP contribution is -2.85. The van der Waals surface area contributed by atoms with Gasteiger partial charge in [0.2, 0.25) is 0 Å². The number of amides is 1. The van der Waals surface area contributed by atoms with Crippen LogP contribution in [0.4, 0.5) is 4.39 Å². The molecule has 0 aromatic heterocycles. The van der Waals surface area contributed by atoms with Gasteiger partial charge in [-0.2, -0.15) is 0 Å². The quantitative estimate of drug-likeness (QED) is 0.872. The number of hydrogen-bond donors (Lipinski definition) is 2. The van der Waals surface area contributed by atoms with E-state index in [1.54, 1.807) is 12.1 Å². The van der Waals surface area contributed by atoms with Crippen molar-refractivity contribution in [1.29, 1.82) is 0 Å². The lowest BCUT2D eigenvalue weighted by molar-refractivity contribution is -0.660. The normalized spacial score (nSPS) is 16.7. The second kappa shape index (κ2) is 7.38. The Morgan fingerprint density at radius 3 is 2.78 bits per heavy atom. The van der Waals surface area contributed by atoms with Gasteiger partial charge < -0.3 is 10.6 Å². The molecule has 3 rings (SSSR count). The van der Waals surface area contributed by atoms with Crippen LogP contribution in [-0.4, -0.2) is 12.5 Å². The largest absolute Gasteiger partial charge is 0.344 e. The van der Waals surface area contributed by atoms with Crippen LogP contribution in [0.3, 0.4) is 0 Å². The second-order valence-electron chi connectivity index (χ2n) is 6.03. The molecule has 0 bridgehead atoms. The molecule has 0 heterocycles. The summed E-state index contributed by atoms with van der Waals surface area (Å²) in [6.45, 7) is 1.06. The number of aryl methyl sites for hydroxylation is 1. The minimum atomic E-state index is -0.234. The molecule has 1 amide bonds. The number of fused-ring (bicyclic) bond motifs is 1. The molecule has 2 aromatic rings. The Kier molecular flexibility index (Phi) is 5.03. The third-order valence-corrected chi connectivity index (χ3v) is 4.33. The zero-order valence-electron chi connectivity index (χ0n) is 13.1. The van der Waals surface area contributed by atoms with E-state index in [-0.39, 0.29) is 17.8 Å². The van der Waals surface area contributed by atoms with Crippen LogP contribution in [0.2, 0.25) is 0 Å². The molecular formula is C19H22FN2O+. The molecule has 3 nitrogen and oxygen atoms in total. The summed E-state index contributed by atoms with van der Waals surface area (Å²) in [5.74, 6) is -0.184. The minimum Gasteiger partial charge on any atom is -0.344 e. The monoisotopic (exact) mass is 313 g/mol. The SMILES string of the molecule is O=C(C[NH2+]Cc1ccc(F)cc1)N[C@H]1CCCc2ccccc21. The highest BCUT2D eigenvalue weighted by Gasteiger charge is 2.21. The van der Waals surface area contributed by atoms with Crippen molar-refractivity contribution >= 4 is 5.91 Å². The van der Waals surface area contributed by atoms with E-state index in [0.29, 0.717) is 13.1 Å². The Labute approximate surface area is 135 Å². The lowest BCUT2D eigenvalue weighted by Gasteiger charge is -2.26. The highest BCUT2D eigenvalue weighted by atomic mass is 19.1. The van der Waals surface area contributed by atoms with Crippen LogP contribution in [-0.2, 0) is 17.8 Å². The number of nitrogens with one attached hydrogen (secondary N) is 1. The van der Waals surface area contributed by atoms with Crippen molar-refractivity contribution in [1.82, 2.24) is 5.32 Å². The number of benzene rings is 2. The maximum atomic E-state index is 12.8. The predicted molar refractivity (Wildman–Crippen MR) is 87.2 cm³/mol. The van der Waals surface area contributed by atoms with E-state index in [1.807, 2.05) is 11.4 Å². The van der Waals surface area contributed by atoms with Gasteiger partial charge >= 0.3 is 0 Å². The molecule has 23 heavy (non-hydrogen) atoms. The zero-order valence-corrected chi connectivity index (χ0v) is 13.1. The Bertz CT molecular complexity index is 669. The molecular weight excluding hydrogens is 291 g/mol. The Balaban J connectivity index is 1.49. The van der Waals surface area contributed by atoms with Crippen LogP contribution in [0.5, 0.6) is 0 Å². The summed E-state index contributed by atoms with van der Waals surface area (Å²) in [7, 11) is 0. The van der Waals surface area contributed by atoms with Gasteiger partial charge in [-0.15, -0.1) is 0 Å². The summed E-state index contributed by atoms with van der Waals surface area (Å²) in [5, 5.41) is 5.08. The minimum absolute atomic E-state index is 0.0498. The first-order valence-electron chi connectivity index (χ1n) is 8.15. The van der Waals surface area contributed by atoms with Crippen molar-refractivity contribution < 1.29 is 14.5 Å². The van der Waals surface area contributed by atoms with Crippen LogP contribution < -0.4 is 10.6 Å². The fourth-order valence-electron chi connectivity index (χ4n) is 3.15. The highest BCUT2D eigenvalue weighted by molar-refractivity contribution is 5.77. The Hall–Kier alpha value is -2.20. The smallest absolute Gasteiger partial charge is 0.275 e.